The summed E-state index contributed by atoms with van der Waals surface area (Å²) >= 11 is 0. The molecule has 5 nitrogen and oxygen atoms in total. The minimum Gasteiger partial charge on any atom is -0.396 e. The number of rotatable bonds is 8. The lowest BCUT2D eigenvalue weighted by atomic mass is 10.0. The fourth-order valence-electron chi connectivity index (χ4n) is 2.63. The Hall–Kier alpha value is -2.37. The standard InChI is InChI=1S/C20H26N2O3/c1-15(25-2)17-10-6-11-18(14-17)21-20(24)22-19(12-7-13-23)16-8-4-3-5-9-16/h3-6,8-11,14-15,19,23H,7,12-13H2,1-2H3,(H2,21,22,24)/t15-,19+/m0/s1. The van der Waals surface area contributed by atoms with Crippen LogP contribution in [-0.4, -0.2) is 24.9 Å². The lowest BCUT2D eigenvalue weighted by molar-refractivity contribution is 0.119. The predicted molar refractivity (Wildman–Crippen MR) is 99.5 cm³/mol. The van der Waals surface area contributed by atoms with Crippen molar-refractivity contribution in [1.82, 2.24) is 5.32 Å². The van der Waals surface area contributed by atoms with E-state index in [0.717, 1.165) is 11.1 Å². The van der Waals surface area contributed by atoms with Crippen LogP contribution in [0.3, 0.4) is 0 Å². The topological polar surface area (TPSA) is 70.6 Å². The van der Waals surface area contributed by atoms with Crippen LogP contribution in [0.25, 0.3) is 0 Å². The fourth-order valence-corrected chi connectivity index (χ4v) is 2.63. The van der Waals surface area contributed by atoms with E-state index in [-0.39, 0.29) is 24.8 Å². The van der Waals surface area contributed by atoms with Crippen molar-refractivity contribution in [3.8, 4) is 0 Å². The molecule has 0 unspecified atom stereocenters. The molecule has 0 aromatic heterocycles. The number of ether oxygens (including phenoxy) is 1. The zero-order valence-corrected chi connectivity index (χ0v) is 14.7. The Kier molecular flexibility index (Phi) is 7.44. The Morgan fingerprint density at radius 2 is 1.84 bits per heavy atom. The SMILES string of the molecule is CO[C@@H](C)c1cccc(NC(=O)N[C@H](CCCO)c2ccccc2)c1. The van der Waals surface area contributed by atoms with Gasteiger partial charge in [-0.25, -0.2) is 4.79 Å². The summed E-state index contributed by atoms with van der Waals surface area (Å²) in [5.41, 5.74) is 2.74. The third kappa shape index (κ3) is 5.89. The minimum atomic E-state index is -0.269. The number of hydrogen-bond donors (Lipinski definition) is 3. The second kappa shape index (κ2) is 9.81. The summed E-state index contributed by atoms with van der Waals surface area (Å²) in [5.74, 6) is 0. The van der Waals surface area contributed by atoms with Crippen molar-refractivity contribution in [3.05, 3.63) is 65.7 Å². The van der Waals surface area contributed by atoms with E-state index in [0.29, 0.717) is 18.5 Å². The van der Waals surface area contributed by atoms with E-state index in [9.17, 15) is 4.79 Å². The average Bonchev–Trinajstić information content (AvgIpc) is 2.65. The van der Waals surface area contributed by atoms with Crippen LogP contribution in [-0.2, 0) is 4.74 Å². The Morgan fingerprint density at radius 3 is 2.52 bits per heavy atom. The molecule has 0 saturated carbocycles. The summed E-state index contributed by atoms with van der Waals surface area (Å²) in [4.78, 5) is 12.4. The first-order valence-electron chi connectivity index (χ1n) is 8.50. The van der Waals surface area contributed by atoms with Crippen molar-refractivity contribution in [1.29, 1.82) is 0 Å². The van der Waals surface area contributed by atoms with E-state index >= 15 is 0 Å². The number of anilines is 1. The van der Waals surface area contributed by atoms with Gasteiger partial charge in [-0.15, -0.1) is 0 Å². The summed E-state index contributed by atoms with van der Waals surface area (Å²) in [6.45, 7) is 2.06. The minimum absolute atomic E-state index is 0.0357. The molecule has 0 aliphatic rings. The summed E-state index contributed by atoms with van der Waals surface area (Å²) in [5, 5.41) is 15.0. The van der Waals surface area contributed by atoms with E-state index < -0.39 is 0 Å². The van der Waals surface area contributed by atoms with Crippen LogP contribution in [0.5, 0.6) is 0 Å². The summed E-state index contributed by atoms with van der Waals surface area (Å²) < 4.78 is 5.31. The number of methoxy groups -OCH3 is 1. The number of urea groups is 1. The van der Waals surface area contributed by atoms with Gasteiger partial charge in [-0.1, -0.05) is 42.5 Å². The number of aliphatic hydroxyl groups excluding tert-OH is 1. The molecule has 5 heteroatoms. The van der Waals surface area contributed by atoms with Gasteiger partial charge in [0.05, 0.1) is 12.1 Å². The quantitative estimate of drug-likeness (QED) is 0.678. The van der Waals surface area contributed by atoms with Crippen LogP contribution in [0.15, 0.2) is 54.6 Å². The Labute approximate surface area is 149 Å². The molecule has 3 N–H and O–H groups in total. The van der Waals surface area contributed by atoms with Crippen molar-refractivity contribution in [3.63, 3.8) is 0 Å². The van der Waals surface area contributed by atoms with Gasteiger partial charge < -0.3 is 20.5 Å². The van der Waals surface area contributed by atoms with Crippen molar-refractivity contribution in [2.75, 3.05) is 19.0 Å². The number of amides is 2. The molecule has 0 heterocycles. The molecule has 0 bridgehead atoms. The molecule has 2 rings (SSSR count). The first kappa shape index (κ1) is 19.0. The Morgan fingerprint density at radius 1 is 1.12 bits per heavy atom. The van der Waals surface area contributed by atoms with Gasteiger partial charge in [-0.2, -0.15) is 0 Å². The summed E-state index contributed by atoms with van der Waals surface area (Å²) in [6.07, 6.45) is 1.27. The molecule has 2 amide bonds. The van der Waals surface area contributed by atoms with E-state index in [1.54, 1.807) is 7.11 Å². The lowest BCUT2D eigenvalue weighted by Crippen LogP contribution is -2.32. The van der Waals surface area contributed by atoms with Gasteiger partial charge in [0.25, 0.3) is 0 Å². The maximum Gasteiger partial charge on any atom is 0.319 e. The molecule has 25 heavy (non-hydrogen) atoms. The van der Waals surface area contributed by atoms with Gasteiger partial charge in [-0.3, -0.25) is 0 Å². The maximum atomic E-state index is 12.4. The van der Waals surface area contributed by atoms with Gasteiger partial charge in [0.2, 0.25) is 0 Å². The van der Waals surface area contributed by atoms with Gasteiger partial charge in [0, 0.05) is 19.4 Å². The molecule has 0 spiro atoms. The molecular weight excluding hydrogens is 316 g/mol. The third-order valence-corrected chi connectivity index (χ3v) is 4.13. The highest BCUT2D eigenvalue weighted by Crippen LogP contribution is 2.21. The van der Waals surface area contributed by atoms with Gasteiger partial charge >= 0.3 is 6.03 Å². The van der Waals surface area contributed by atoms with E-state index in [2.05, 4.69) is 10.6 Å². The molecule has 2 atom stereocenters. The third-order valence-electron chi connectivity index (χ3n) is 4.13. The second-order valence-corrected chi connectivity index (χ2v) is 5.93. The van der Waals surface area contributed by atoms with Crippen LogP contribution in [0.2, 0.25) is 0 Å². The molecule has 0 radical (unpaired) electrons. The molecule has 0 saturated heterocycles. The zero-order chi connectivity index (χ0) is 18.1. The van der Waals surface area contributed by atoms with E-state index in [4.69, 9.17) is 9.84 Å². The summed E-state index contributed by atoms with van der Waals surface area (Å²) in [7, 11) is 1.66. The first-order chi connectivity index (χ1) is 12.1. The number of aliphatic hydroxyl groups is 1. The van der Waals surface area contributed by atoms with Crippen LogP contribution in [0, 0.1) is 0 Å². The maximum absolute atomic E-state index is 12.4. The molecule has 134 valence electrons. The van der Waals surface area contributed by atoms with Crippen LogP contribution in [0.4, 0.5) is 10.5 Å². The van der Waals surface area contributed by atoms with Gasteiger partial charge in [0.15, 0.2) is 0 Å². The number of hydrogen-bond acceptors (Lipinski definition) is 3. The highest BCUT2D eigenvalue weighted by atomic mass is 16.5. The smallest absolute Gasteiger partial charge is 0.319 e. The number of benzene rings is 2. The molecule has 2 aromatic carbocycles. The van der Waals surface area contributed by atoms with Crippen LogP contribution in [0.1, 0.15) is 43.0 Å². The van der Waals surface area contributed by atoms with Crippen LogP contribution >= 0.6 is 0 Å². The molecule has 0 aliphatic heterocycles. The van der Waals surface area contributed by atoms with E-state index in [1.165, 1.54) is 0 Å². The number of carbonyl (C=O) groups excluding carboxylic acids is 1. The Balaban J connectivity index is 2.03. The van der Waals surface area contributed by atoms with Gasteiger partial charge in [-0.05, 0) is 43.0 Å². The van der Waals surface area contributed by atoms with Crippen molar-refractivity contribution < 1.29 is 14.6 Å². The zero-order valence-electron chi connectivity index (χ0n) is 14.7. The number of nitrogens with one attached hydrogen (secondary N) is 2. The number of carbonyl (C=O) groups is 1. The predicted octanol–water partition coefficient (Wildman–Crippen LogP) is 4.03. The highest BCUT2D eigenvalue weighted by molar-refractivity contribution is 5.89. The fraction of sp³-hybridized carbons (Fsp3) is 0.350. The second-order valence-electron chi connectivity index (χ2n) is 5.93. The van der Waals surface area contributed by atoms with Crippen molar-refractivity contribution >= 4 is 11.7 Å². The summed E-state index contributed by atoms with van der Waals surface area (Å²) in [6, 6.07) is 17.0. The largest absolute Gasteiger partial charge is 0.396 e. The lowest BCUT2D eigenvalue weighted by Gasteiger charge is -2.20. The van der Waals surface area contributed by atoms with Crippen molar-refractivity contribution in [2.45, 2.75) is 31.9 Å². The monoisotopic (exact) mass is 342 g/mol. The van der Waals surface area contributed by atoms with Crippen LogP contribution < -0.4 is 10.6 Å². The Bertz CT molecular complexity index is 661. The highest BCUT2D eigenvalue weighted by Gasteiger charge is 2.14. The molecule has 0 aliphatic carbocycles. The first-order valence-corrected chi connectivity index (χ1v) is 8.50. The average molecular weight is 342 g/mol. The molecule has 0 fully saturated rings. The van der Waals surface area contributed by atoms with Crippen molar-refractivity contribution in [2.24, 2.45) is 0 Å². The molecular formula is C20H26N2O3. The van der Waals surface area contributed by atoms with E-state index in [1.807, 2.05) is 61.5 Å². The van der Waals surface area contributed by atoms with Gasteiger partial charge in [0.1, 0.15) is 0 Å². The molecule has 2 aromatic rings. The normalized spacial score (nSPS) is 13.1.